The normalized spacial score (nSPS) is 14.4. The van der Waals surface area contributed by atoms with Gasteiger partial charge in [-0.2, -0.15) is 5.10 Å². The Labute approximate surface area is 179 Å². The van der Waals surface area contributed by atoms with E-state index in [1.807, 2.05) is 32.9 Å². The lowest BCUT2D eigenvalue weighted by Crippen LogP contribution is -2.54. The number of carbonyl (C=O) groups is 2. The quantitative estimate of drug-likeness (QED) is 0.656. The second kappa shape index (κ2) is 7.86. The number of amides is 2. The van der Waals surface area contributed by atoms with E-state index in [-0.39, 0.29) is 17.6 Å². The highest BCUT2D eigenvalue weighted by Crippen LogP contribution is 2.30. The molecule has 1 aliphatic heterocycles. The summed E-state index contributed by atoms with van der Waals surface area (Å²) in [4.78, 5) is 34.8. The molecular weight excluding hydrogens is 398 g/mol. The molecule has 10 nitrogen and oxygen atoms in total. The van der Waals surface area contributed by atoms with Gasteiger partial charge in [0.15, 0.2) is 5.82 Å². The second-order valence-electron chi connectivity index (χ2n) is 8.54. The molecule has 1 fully saturated rings. The number of hydrogen-bond acceptors (Lipinski definition) is 7. The maximum Gasteiger partial charge on any atom is 0.407 e. The third kappa shape index (κ3) is 4.27. The Morgan fingerprint density at radius 3 is 2.65 bits per heavy atom. The van der Waals surface area contributed by atoms with Gasteiger partial charge in [-0.15, -0.1) is 0 Å². The molecule has 2 amide bonds. The Morgan fingerprint density at radius 2 is 1.97 bits per heavy atom. The maximum absolute atomic E-state index is 13.2. The summed E-state index contributed by atoms with van der Waals surface area (Å²) in [6, 6.07) is 5.47. The van der Waals surface area contributed by atoms with Gasteiger partial charge in [-0.25, -0.2) is 14.3 Å². The van der Waals surface area contributed by atoms with Crippen molar-refractivity contribution in [1.29, 1.82) is 0 Å². The van der Waals surface area contributed by atoms with Crippen molar-refractivity contribution < 1.29 is 14.3 Å². The first-order chi connectivity index (χ1) is 14.7. The largest absolute Gasteiger partial charge is 0.444 e. The standard InChI is InChI=1S/C21H25N7O3/c1-21(2,3)31-20(30)24-9-13-10-27(11-13)19(29)15-8-16(14-4-6-23-7-5-14)28-17(15)18(22)25-12-26-28/h4-8,12-13H,9-11H2,1-3H3,(H,24,30)(H2,22,25,26). The first kappa shape index (κ1) is 20.6. The van der Waals surface area contributed by atoms with E-state index in [4.69, 9.17) is 10.5 Å². The molecule has 3 aromatic heterocycles. The van der Waals surface area contributed by atoms with Gasteiger partial charge in [-0.05, 0) is 39.0 Å². The van der Waals surface area contributed by atoms with E-state index in [0.717, 1.165) is 11.3 Å². The number of likely N-dealkylation sites (tertiary alicyclic amines) is 1. The van der Waals surface area contributed by atoms with Gasteiger partial charge in [0.05, 0.1) is 11.3 Å². The van der Waals surface area contributed by atoms with Crippen molar-refractivity contribution in [2.24, 2.45) is 5.92 Å². The van der Waals surface area contributed by atoms with E-state index in [0.29, 0.717) is 30.7 Å². The fourth-order valence-corrected chi connectivity index (χ4v) is 3.54. The lowest BCUT2D eigenvalue weighted by molar-refractivity contribution is 0.0422. The number of ether oxygens (including phenoxy) is 1. The summed E-state index contributed by atoms with van der Waals surface area (Å²) in [6.45, 7) is 6.95. The number of alkyl carbamates (subject to hydrolysis) is 1. The fourth-order valence-electron chi connectivity index (χ4n) is 3.54. The van der Waals surface area contributed by atoms with Crippen LogP contribution >= 0.6 is 0 Å². The van der Waals surface area contributed by atoms with Gasteiger partial charge in [0.1, 0.15) is 17.4 Å². The Hall–Kier alpha value is -3.69. The van der Waals surface area contributed by atoms with Crippen LogP contribution in [0.15, 0.2) is 36.9 Å². The average Bonchev–Trinajstić information content (AvgIpc) is 3.07. The van der Waals surface area contributed by atoms with Crippen LogP contribution in [0, 0.1) is 5.92 Å². The Bertz CT molecular complexity index is 1120. The molecule has 10 heteroatoms. The van der Waals surface area contributed by atoms with Gasteiger partial charge < -0.3 is 20.7 Å². The fraction of sp³-hybridized carbons (Fsp3) is 0.381. The molecule has 0 unspecified atom stereocenters. The summed E-state index contributed by atoms with van der Waals surface area (Å²) in [6.07, 6.45) is 4.27. The van der Waals surface area contributed by atoms with Crippen molar-refractivity contribution in [3.05, 3.63) is 42.5 Å². The summed E-state index contributed by atoms with van der Waals surface area (Å²) >= 11 is 0. The van der Waals surface area contributed by atoms with Crippen molar-refractivity contribution in [3.8, 4) is 11.3 Å². The van der Waals surface area contributed by atoms with E-state index < -0.39 is 11.7 Å². The summed E-state index contributed by atoms with van der Waals surface area (Å²) < 4.78 is 6.87. The minimum Gasteiger partial charge on any atom is -0.444 e. The van der Waals surface area contributed by atoms with E-state index in [1.165, 1.54) is 6.33 Å². The zero-order valence-corrected chi connectivity index (χ0v) is 17.7. The highest BCUT2D eigenvalue weighted by molar-refractivity contribution is 6.05. The van der Waals surface area contributed by atoms with Crippen LogP contribution < -0.4 is 11.1 Å². The predicted octanol–water partition coefficient (Wildman–Crippen LogP) is 1.97. The van der Waals surface area contributed by atoms with Crippen molar-refractivity contribution in [2.45, 2.75) is 26.4 Å². The van der Waals surface area contributed by atoms with Crippen LogP contribution in [0.1, 0.15) is 31.1 Å². The molecule has 4 rings (SSSR count). The third-order valence-electron chi connectivity index (χ3n) is 4.97. The van der Waals surface area contributed by atoms with E-state index in [2.05, 4.69) is 20.4 Å². The van der Waals surface area contributed by atoms with Crippen LogP contribution in [0.4, 0.5) is 10.6 Å². The molecule has 0 aromatic carbocycles. The monoisotopic (exact) mass is 423 g/mol. The predicted molar refractivity (Wildman–Crippen MR) is 114 cm³/mol. The number of nitrogens with zero attached hydrogens (tertiary/aromatic N) is 5. The van der Waals surface area contributed by atoms with E-state index >= 15 is 0 Å². The van der Waals surface area contributed by atoms with Crippen LogP contribution in [-0.4, -0.2) is 61.7 Å². The molecule has 0 atom stereocenters. The highest BCUT2D eigenvalue weighted by Gasteiger charge is 2.34. The van der Waals surface area contributed by atoms with E-state index in [1.54, 1.807) is 27.9 Å². The van der Waals surface area contributed by atoms with Gasteiger partial charge in [-0.3, -0.25) is 9.78 Å². The van der Waals surface area contributed by atoms with Crippen molar-refractivity contribution in [2.75, 3.05) is 25.4 Å². The van der Waals surface area contributed by atoms with Crippen molar-refractivity contribution >= 4 is 23.3 Å². The Balaban J connectivity index is 1.48. The molecule has 0 spiro atoms. The molecule has 0 aliphatic carbocycles. The number of carbonyl (C=O) groups excluding carboxylic acids is 2. The second-order valence-corrected chi connectivity index (χ2v) is 8.54. The molecule has 31 heavy (non-hydrogen) atoms. The first-order valence-corrected chi connectivity index (χ1v) is 10.0. The summed E-state index contributed by atoms with van der Waals surface area (Å²) in [7, 11) is 0. The van der Waals surface area contributed by atoms with Gasteiger partial charge >= 0.3 is 6.09 Å². The smallest absolute Gasteiger partial charge is 0.407 e. The SMILES string of the molecule is CC(C)(C)OC(=O)NCC1CN(C(=O)c2cc(-c3ccncc3)n3ncnc(N)c23)C1. The van der Waals surface area contributed by atoms with Gasteiger partial charge in [0.2, 0.25) is 0 Å². The molecule has 1 aliphatic rings. The number of fused-ring (bicyclic) bond motifs is 1. The number of pyridine rings is 1. The van der Waals surface area contributed by atoms with Crippen molar-refractivity contribution in [3.63, 3.8) is 0 Å². The minimum atomic E-state index is -0.545. The number of nitrogens with two attached hydrogens (primary N) is 1. The molecule has 4 heterocycles. The minimum absolute atomic E-state index is 0.146. The Kier molecular flexibility index (Phi) is 5.22. The molecule has 3 aromatic rings. The first-order valence-electron chi connectivity index (χ1n) is 10.0. The number of aromatic nitrogens is 4. The zero-order valence-electron chi connectivity index (χ0n) is 17.7. The van der Waals surface area contributed by atoms with Crippen LogP contribution in [0.5, 0.6) is 0 Å². The van der Waals surface area contributed by atoms with Crippen LogP contribution in [0.2, 0.25) is 0 Å². The molecule has 0 radical (unpaired) electrons. The maximum atomic E-state index is 13.2. The summed E-state index contributed by atoms with van der Waals surface area (Å²) in [5, 5.41) is 7.05. The molecule has 3 N–H and O–H groups in total. The molecule has 0 bridgehead atoms. The number of hydrogen-bond donors (Lipinski definition) is 2. The zero-order chi connectivity index (χ0) is 22.2. The number of anilines is 1. The molecule has 1 saturated heterocycles. The average molecular weight is 423 g/mol. The topological polar surface area (TPSA) is 128 Å². The van der Waals surface area contributed by atoms with Crippen molar-refractivity contribution in [1.82, 2.24) is 29.8 Å². The summed E-state index contributed by atoms with van der Waals surface area (Å²) in [5.74, 6) is 0.258. The number of nitrogens with one attached hydrogen (secondary N) is 1. The van der Waals surface area contributed by atoms with Gasteiger partial charge in [0, 0.05) is 43.5 Å². The van der Waals surface area contributed by atoms with Crippen LogP contribution in [0.25, 0.3) is 16.8 Å². The Morgan fingerprint density at radius 1 is 1.26 bits per heavy atom. The third-order valence-corrected chi connectivity index (χ3v) is 4.97. The highest BCUT2D eigenvalue weighted by atomic mass is 16.6. The molecule has 162 valence electrons. The molecular formula is C21H25N7O3. The lowest BCUT2D eigenvalue weighted by atomic mass is 9.99. The lowest BCUT2D eigenvalue weighted by Gasteiger charge is -2.39. The van der Waals surface area contributed by atoms with Crippen LogP contribution in [-0.2, 0) is 4.74 Å². The van der Waals surface area contributed by atoms with Gasteiger partial charge in [-0.1, -0.05) is 0 Å². The molecule has 0 saturated carbocycles. The summed E-state index contributed by atoms with van der Waals surface area (Å²) in [5.41, 5.74) is 8.07. The number of nitrogen functional groups attached to an aromatic ring is 1. The van der Waals surface area contributed by atoms with Gasteiger partial charge in [0.25, 0.3) is 5.91 Å². The van der Waals surface area contributed by atoms with E-state index in [9.17, 15) is 9.59 Å². The number of rotatable bonds is 4. The van der Waals surface area contributed by atoms with Crippen LogP contribution in [0.3, 0.4) is 0 Å².